The number of pyridine rings is 1. The molecule has 7 heteroatoms. The van der Waals surface area contributed by atoms with Crippen LogP contribution in [0.5, 0.6) is 17.2 Å². The maximum absolute atomic E-state index is 11.3. The average molecular weight is 412 g/mol. The summed E-state index contributed by atoms with van der Waals surface area (Å²) >= 11 is 0. The summed E-state index contributed by atoms with van der Waals surface area (Å²) in [6.07, 6.45) is -0.662. The highest BCUT2D eigenvalue weighted by Crippen LogP contribution is 2.28. The van der Waals surface area contributed by atoms with E-state index in [1.165, 1.54) is 6.07 Å². The number of hydrogen-bond donors (Lipinski definition) is 3. The van der Waals surface area contributed by atoms with Gasteiger partial charge in [-0.25, -0.2) is 0 Å². The Bertz CT molecular complexity index is 1020. The first-order chi connectivity index (χ1) is 14.6. The smallest absolute Gasteiger partial charge is 0.248 e. The summed E-state index contributed by atoms with van der Waals surface area (Å²) in [6.45, 7) is 6.16. The fraction of sp³-hybridized carbons (Fsp3) is 0.348. The lowest BCUT2D eigenvalue weighted by atomic mass is 10.2. The van der Waals surface area contributed by atoms with Gasteiger partial charge in [0.15, 0.2) is 11.5 Å². The van der Waals surface area contributed by atoms with Crippen LogP contribution in [0.15, 0.2) is 53.3 Å². The Morgan fingerprint density at radius 3 is 2.57 bits per heavy atom. The third-order valence-electron chi connectivity index (χ3n) is 4.45. The zero-order valence-electron chi connectivity index (χ0n) is 17.3. The highest BCUT2D eigenvalue weighted by molar-refractivity contribution is 5.79. The molecular formula is C23H28N2O5. The van der Waals surface area contributed by atoms with Gasteiger partial charge in [0.1, 0.15) is 18.5 Å². The van der Waals surface area contributed by atoms with Crippen molar-refractivity contribution in [3.63, 3.8) is 0 Å². The lowest BCUT2D eigenvalue weighted by molar-refractivity contribution is 0.106. The van der Waals surface area contributed by atoms with Gasteiger partial charge in [0, 0.05) is 30.1 Å². The molecule has 30 heavy (non-hydrogen) atoms. The van der Waals surface area contributed by atoms with Crippen LogP contribution in [0.1, 0.15) is 19.4 Å². The topological polar surface area (TPSA) is 92.8 Å². The molecule has 0 spiro atoms. The number of aliphatic hydroxyl groups excluding tert-OH is 1. The number of H-pyrrole nitrogens is 1. The number of fused-ring (bicyclic) bond motifs is 1. The van der Waals surface area contributed by atoms with Crippen molar-refractivity contribution in [3.8, 4) is 17.2 Å². The number of benzene rings is 2. The molecule has 0 fully saturated rings. The Balaban J connectivity index is 1.48. The molecule has 0 aliphatic heterocycles. The number of rotatable bonds is 11. The van der Waals surface area contributed by atoms with Crippen LogP contribution in [0.4, 0.5) is 0 Å². The summed E-state index contributed by atoms with van der Waals surface area (Å²) in [4.78, 5) is 14.1. The minimum Gasteiger partial charge on any atom is -0.491 e. The molecule has 3 N–H and O–H groups in total. The zero-order chi connectivity index (χ0) is 21.3. The van der Waals surface area contributed by atoms with Crippen LogP contribution in [0.3, 0.4) is 0 Å². The lowest BCUT2D eigenvalue weighted by Crippen LogP contribution is -2.31. The van der Waals surface area contributed by atoms with E-state index in [1.54, 1.807) is 18.2 Å². The Morgan fingerprint density at radius 1 is 0.967 bits per heavy atom. The Labute approximate surface area is 175 Å². The molecule has 0 saturated carbocycles. The van der Waals surface area contributed by atoms with Gasteiger partial charge < -0.3 is 29.6 Å². The lowest BCUT2D eigenvalue weighted by Gasteiger charge is -2.15. The summed E-state index contributed by atoms with van der Waals surface area (Å²) in [7, 11) is 0. The number of hydrogen-bond acceptors (Lipinski definition) is 6. The third-order valence-corrected chi connectivity index (χ3v) is 4.45. The SMILES string of the molecule is CCOc1ccc(CNC[C@@H](O)COc2ccc3[nH]c(=O)ccc3c2)cc1OCC. The maximum Gasteiger partial charge on any atom is 0.248 e. The highest BCUT2D eigenvalue weighted by Gasteiger charge is 2.08. The monoisotopic (exact) mass is 412 g/mol. The van der Waals surface area contributed by atoms with Gasteiger partial charge in [-0.2, -0.15) is 0 Å². The van der Waals surface area contributed by atoms with Crippen molar-refractivity contribution in [2.75, 3.05) is 26.4 Å². The normalized spacial score (nSPS) is 12.0. The molecule has 160 valence electrons. The van der Waals surface area contributed by atoms with E-state index in [4.69, 9.17) is 14.2 Å². The van der Waals surface area contributed by atoms with Crippen LogP contribution in [-0.2, 0) is 6.54 Å². The molecule has 0 aliphatic carbocycles. The second-order valence-corrected chi connectivity index (χ2v) is 6.81. The molecule has 0 amide bonds. The van der Waals surface area contributed by atoms with Crippen molar-refractivity contribution < 1.29 is 19.3 Å². The van der Waals surface area contributed by atoms with E-state index in [2.05, 4.69) is 10.3 Å². The summed E-state index contributed by atoms with van der Waals surface area (Å²) in [6, 6.07) is 14.4. The quantitative estimate of drug-likeness (QED) is 0.449. The molecule has 0 unspecified atom stereocenters. The van der Waals surface area contributed by atoms with Crippen LogP contribution in [0.2, 0.25) is 0 Å². The molecule has 0 bridgehead atoms. The van der Waals surface area contributed by atoms with Gasteiger partial charge in [0.05, 0.1) is 13.2 Å². The van der Waals surface area contributed by atoms with Crippen molar-refractivity contribution in [3.05, 3.63) is 64.4 Å². The van der Waals surface area contributed by atoms with E-state index in [0.717, 1.165) is 28.0 Å². The molecule has 3 rings (SSSR count). The Kier molecular flexibility index (Phi) is 7.70. The van der Waals surface area contributed by atoms with E-state index in [9.17, 15) is 9.90 Å². The maximum atomic E-state index is 11.3. The first-order valence-electron chi connectivity index (χ1n) is 10.1. The van der Waals surface area contributed by atoms with Crippen LogP contribution in [0, 0.1) is 0 Å². The predicted octanol–water partition coefficient (Wildman–Crippen LogP) is 2.86. The minimum atomic E-state index is -0.662. The summed E-state index contributed by atoms with van der Waals surface area (Å²) in [5.74, 6) is 2.10. The number of aliphatic hydroxyl groups is 1. The van der Waals surface area contributed by atoms with Crippen molar-refractivity contribution in [1.29, 1.82) is 0 Å². The number of nitrogens with one attached hydrogen (secondary N) is 2. The van der Waals surface area contributed by atoms with Crippen LogP contribution in [-0.4, -0.2) is 42.6 Å². The van der Waals surface area contributed by atoms with Crippen LogP contribution >= 0.6 is 0 Å². The van der Waals surface area contributed by atoms with Crippen molar-refractivity contribution in [1.82, 2.24) is 10.3 Å². The molecule has 1 atom stereocenters. The molecule has 0 saturated heterocycles. The van der Waals surface area contributed by atoms with E-state index < -0.39 is 6.10 Å². The van der Waals surface area contributed by atoms with Gasteiger partial charge in [-0.15, -0.1) is 0 Å². The second-order valence-electron chi connectivity index (χ2n) is 6.81. The molecule has 1 heterocycles. The van der Waals surface area contributed by atoms with Gasteiger partial charge in [-0.3, -0.25) is 4.79 Å². The average Bonchev–Trinajstić information content (AvgIpc) is 2.74. The van der Waals surface area contributed by atoms with Crippen molar-refractivity contribution in [2.24, 2.45) is 0 Å². The fourth-order valence-corrected chi connectivity index (χ4v) is 3.06. The zero-order valence-corrected chi connectivity index (χ0v) is 17.3. The van der Waals surface area contributed by atoms with Gasteiger partial charge in [-0.05, 0) is 55.8 Å². The van der Waals surface area contributed by atoms with Crippen molar-refractivity contribution >= 4 is 10.9 Å². The standard InChI is InChI=1S/C23H28N2O5/c1-3-28-21-9-5-16(11-22(21)29-4-2)13-24-14-18(26)15-30-19-7-8-20-17(12-19)6-10-23(27)25-20/h5-12,18,24,26H,3-4,13-15H2,1-2H3,(H,25,27)/t18-/m1/s1. The molecule has 7 nitrogen and oxygen atoms in total. The second kappa shape index (κ2) is 10.7. The number of aromatic nitrogens is 1. The molecule has 1 aromatic heterocycles. The molecular weight excluding hydrogens is 384 g/mol. The minimum absolute atomic E-state index is 0.140. The molecule has 0 radical (unpaired) electrons. The Hall–Kier alpha value is -3.03. The van der Waals surface area contributed by atoms with E-state index in [-0.39, 0.29) is 12.2 Å². The largest absolute Gasteiger partial charge is 0.491 e. The van der Waals surface area contributed by atoms with Gasteiger partial charge in [0.25, 0.3) is 0 Å². The van der Waals surface area contributed by atoms with Crippen LogP contribution < -0.4 is 25.1 Å². The fourth-order valence-electron chi connectivity index (χ4n) is 3.06. The van der Waals surface area contributed by atoms with E-state index in [0.29, 0.717) is 32.1 Å². The van der Waals surface area contributed by atoms with Gasteiger partial charge in [-0.1, -0.05) is 6.07 Å². The molecule has 2 aromatic carbocycles. The summed E-state index contributed by atoms with van der Waals surface area (Å²) in [5, 5.41) is 14.3. The first kappa shape index (κ1) is 21.7. The number of aromatic amines is 1. The molecule has 3 aromatic rings. The summed E-state index contributed by atoms with van der Waals surface area (Å²) < 4.78 is 16.9. The summed E-state index contributed by atoms with van der Waals surface area (Å²) in [5.41, 5.74) is 1.65. The van der Waals surface area contributed by atoms with Crippen molar-refractivity contribution in [2.45, 2.75) is 26.5 Å². The van der Waals surface area contributed by atoms with Crippen LogP contribution in [0.25, 0.3) is 10.9 Å². The predicted molar refractivity (Wildman–Crippen MR) is 117 cm³/mol. The number of ether oxygens (including phenoxy) is 3. The van der Waals surface area contributed by atoms with E-state index >= 15 is 0 Å². The van der Waals surface area contributed by atoms with Gasteiger partial charge >= 0.3 is 0 Å². The first-order valence-corrected chi connectivity index (χ1v) is 10.1. The third kappa shape index (κ3) is 5.98. The Morgan fingerprint density at radius 2 is 1.77 bits per heavy atom. The van der Waals surface area contributed by atoms with Gasteiger partial charge in [0.2, 0.25) is 5.56 Å². The highest BCUT2D eigenvalue weighted by atomic mass is 16.5. The molecule has 0 aliphatic rings. The van der Waals surface area contributed by atoms with E-state index in [1.807, 2.05) is 38.1 Å².